The van der Waals surface area contributed by atoms with Crippen LogP contribution in [0.2, 0.25) is 0 Å². The number of rotatable bonds is 4. The van der Waals surface area contributed by atoms with Crippen LogP contribution in [0.3, 0.4) is 0 Å². The van der Waals surface area contributed by atoms with Gasteiger partial charge in [0.05, 0.1) is 6.04 Å². The minimum Gasteiger partial charge on any atom is -0.381 e. The Morgan fingerprint density at radius 2 is 1.82 bits per heavy atom. The van der Waals surface area contributed by atoms with E-state index in [0.29, 0.717) is 31.6 Å². The predicted octanol–water partition coefficient (Wildman–Crippen LogP) is 3.35. The maximum absolute atomic E-state index is 14.5. The molecule has 2 aromatic carbocycles. The third-order valence-electron chi connectivity index (χ3n) is 5.23. The zero-order valence-electron chi connectivity index (χ0n) is 15.6. The van der Waals surface area contributed by atoms with Gasteiger partial charge in [-0.3, -0.25) is 14.3 Å². The van der Waals surface area contributed by atoms with E-state index in [1.54, 1.807) is 13.0 Å². The summed E-state index contributed by atoms with van der Waals surface area (Å²) in [5, 5.41) is 4.79. The van der Waals surface area contributed by atoms with Gasteiger partial charge in [0.1, 0.15) is 11.6 Å². The van der Waals surface area contributed by atoms with Crippen LogP contribution >= 0.6 is 0 Å². The third-order valence-corrected chi connectivity index (χ3v) is 5.23. The lowest BCUT2D eigenvalue weighted by Gasteiger charge is -2.23. The van der Waals surface area contributed by atoms with Gasteiger partial charge in [-0.15, -0.1) is 0 Å². The molecule has 0 saturated carbocycles. The predicted molar refractivity (Wildman–Crippen MR) is 106 cm³/mol. The van der Waals surface area contributed by atoms with Gasteiger partial charge < -0.3 is 10.1 Å². The van der Waals surface area contributed by atoms with Crippen molar-refractivity contribution in [2.24, 2.45) is 0 Å². The van der Waals surface area contributed by atoms with Crippen LogP contribution < -0.4 is 16.6 Å². The molecule has 0 bridgehead atoms. The van der Waals surface area contributed by atoms with E-state index in [1.165, 1.54) is 16.7 Å². The lowest BCUT2D eigenvalue weighted by Crippen LogP contribution is -2.40. The van der Waals surface area contributed by atoms with Gasteiger partial charge in [0.2, 0.25) is 0 Å². The molecule has 1 aromatic heterocycles. The highest BCUT2D eigenvalue weighted by Crippen LogP contribution is 2.25. The highest BCUT2D eigenvalue weighted by molar-refractivity contribution is 5.83. The molecule has 7 heteroatoms. The van der Waals surface area contributed by atoms with E-state index in [-0.39, 0.29) is 23.2 Å². The highest BCUT2D eigenvalue weighted by Gasteiger charge is 2.20. The first-order valence-electron chi connectivity index (χ1n) is 9.41. The van der Waals surface area contributed by atoms with Crippen molar-refractivity contribution in [1.82, 2.24) is 9.55 Å². The summed E-state index contributed by atoms with van der Waals surface area (Å²) in [6.45, 7) is 2.86. The summed E-state index contributed by atoms with van der Waals surface area (Å²) in [6.07, 6.45) is 1.27. The van der Waals surface area contributed by atoms with Gasteiger partial charge in [-0.1, -0.05) is 24.3 Å². The number of anilines is 1. The van der Waals surface area contributed by atoms with E-state index in [2.05, 4.69) is 10.3 Å². The maximum Gasteiger partial charge on any atom is 0.330 e. The van der Waals surface area contributed by atoms with Gasteiger partial charge in [-0.25, -0.2) is 9.18 Å². The molecule has 1 atom stereocenters. The Morgan fingerprint density at radius 3 is 2.50 bits per heavy atom. The number of halogens is 1. The van der Waals surface area contributed by atoms with E-state index in [4.69, 9.17) is 4.74 Å². The number of fused-ring (bicyclic) bond motifs is 1. The van der Waals surface area contributed by atoms with Gasteiger partial charge in [0.15, 0.2) is 0 Å². The minimum atomic E-state index is -0.465. The van der Waals surface area contributed by atoms with Gasteiger partial charge >= 0.3 is 5.69 Å². The number of nitrogens with one attached hydrogen (secondary N) is 2. The summed E-state index contributed by atoms with van der Waals surface area (Å²) >= 11 is 0. The van der Waals surface area contributed by atoms with E-state index >= 15 is 0 Å². The molecule has 0 unspecified atom stereocenters. The largest absolute Gasteiger partial charge is 0.381 e. The van der Waals surface area contributed by atoms with Crippen molar-refractivity contribution in [3.63, 3.8) is 0 Å². The first-order chi connectivity index (χ1) is 13.5. The molecule has 0 aliphatic carbocycles. The van der Waals surface area contributed by atoms with Crippen LogP contribution in [0.5, 0.6) is 0 Å². The Kier molecular flexibility index (Phi) is 5.00. The molecular weight excluding hydrogens is 361 g/mol. The van der Waals surface area contributed by atoms with Gasteiger partial charge in [0.25, 0.3) is 5.56 Å². The standard InChI is InChI=1S/C21H22FN3O3/c1-13(17-10-14-4-2-3-5-15(14)11-18(17)22)23-19-12-20(26)25(21(27)24-19)16-6-8-28-9-7-16/h2-5,10-13,16,23H,6-9H2,1H3,(H,24,27)/t13-/m0/s1. The van der Waals surface area contributed by atoms with Gasteiger partial charge in [-0.05, 0) is 42.7 Å². The molecule has 1 fully saturated rings. The second kappa shape index (κ2) is 7.59. The van der Waals surface area contributed by atoms with Crippen LogP contribution in [0.4, 0.5) is 10.2 Å². The fraction of sp³-hybridized carbons (Fsp3) is 0.333. The number of ether oxygens (including phenoxy) is 1. The smallest absolute Gasteiger partial charge is 0.330 e. The fourth-order valence-corrected chi connectivity index (χ4v) is 3.74. The summed E-state index contributed by atoms with van der Waals surface area (Å²) in [4.78, 5) is 27.7. The summed E-state index contributed by atoms with van der Waals surface area (Å²) in [5.74, 6) is -0.0602. The van der Waals surface area contributed by atoms with E-state index in [0.717, 1.165) is 10.8 Å². The van der Waals surface area contributed by atoms with Crippen LogP contribution in [0.1, 0.15) is 37.4 Å². The molecule has 3 aromatic rings. The summed E-state index contributed by atoms with van der Waals surface area (Å²) in [7, 11) is 0. The van der Waals surface area contributed by atoms with Crippen molar-refractivity contribution in [3.05, 3.63) is 74.7 Å². The first-order valence-corrected chi connectivity index (χ1v) is 9.41. The monoisotopic (exact) mass is 383 g/mol. The number of hydrogen-bond donors (Lipinski definition) is 2. The Hall–Kier alpha value is -2.93. The third kappa shape index (κ3) is 3.57. The van der Waals surface area contributed by atoms with E-state index in [1.807, 2.05) is 24.3 Å². The number of aromatic nitrogens is 2. The fourth-order valence-electron chi connectivity index (χ4n) is 3.74. The van der Waals surface area contributed by atoms with Crippen molar-refractivity contribution >= 4 is 16.6 Å². The molecule has 2 heterocycles. The molecule has 6 nitrogen and oxygen atoms in total. The number of nitrogens with zero attached hydrogens (tertiary/aromatic N) is 1. The number of hydrogen-bond acceptors (Lipinski definition) is 4. The molecule has 4 rings (SSSR count). The Bertz CT molecular complexity index is 1080. The van der Waals surface area contributed by atoms with Crippen LogP contribution in [0.15, 0.2) is 52.1 Å². The molecule has 0 amide bonds. The maximum atomic E-state index is 14.5. The Morgan fingerprint density at radius 1 is 1.14 bits per heavy atom. The second-order valence-corrected chi connectivity index (χ2v) is 7.13. The van der Waals surface area contributed by atoms with Gasteiger partial charge in [0, 0.05) is 30.9 Å². The van der Waals surface area contributed by atoms with E-state index in [9.17, 15) is 14.0 Å². The SMILES string of the molecule is C[C@H](Nc1cc(=O)n(C2CCOCC2)c(=O)[nH]1)c1cc2ccccc2cc1F. The van der Waals surface area contributed by atoms with E-state index < -0.39 is 11.7 Å². The Labute approximate surface area is 161 Å². The van der Waals surface area contributed by atoms with Crippen molar-refractivity contribution in [2.45, 2.75) is 31.8 Å². The molecule has 0 spiro atoms. The lowest BCUT2D eigenvalue weighted by molar-refractivity contribution is 0.0674. The zero-order valence-corrected chi connectivity index (χ0v) is 15.6. The van der Waals surface area contributed by atoms with Crippen molar-refractivity contribution in [2.75, 3.05) is 18.5 Å². The van der Waals surface area contributed by atoms with Crippen LogP contribution in [0.25, 0.3) is 10.8 Å². The lowest BCUT2D eigenvalue weighted by atomic mass is 10.0. The Balaban J connectivity index is 1.61. The zero-order chi connectivity index (χ0) is 19.7. The van der Waals surface area contributed by atoms with Gasteiger partial charge in [-0.2, -0.15) is 0 Å². The molecule has 1 aliphatic rings. The molecule has 0 radical (unpaired) electrons. The van der Waals surface area contributed by atoms with Crippen molar-refractivity contribution in [1.29, 1.82) is 0 Å². The average molecular weight is 383 g/mol. The summed E-state index contributed by atoms with van der Waals surface area (Å²) in [5.41, 5.74) is -0.370. The van der Waals surface area contributed by atoms with Crippen LogP contribution in [-0.4, -0.2) is 22.8 Å². The second-order valence-electron chi connectivity index (χ2n) is 7.13. The van der Waals surface area contributed by atoms with Crippen molar-refractivity contribution < 1.29 is 9.13 Å². The minimum absolute atomic E-state index is 0.158. The summed E-state index contributed by atoms with van der Waals surface area (Å²) < 4.78 is 21.1. The molecule has 28 heavy (non-hydrogen) atoms. The normalized spacial score (nSPS) is 16.2. The number of aromatic amines is 1. The number of benzene rings is 2. The summed E-state index contributed by atoms with van der Waals surface area (Å²) in [6, 6.07) is 11.6. The molecule has 1 saturated heterocycles. The highest BCUT2D eigenvalue weighted by atomic mass is 19.1. The molecule has 1 aliphatic heterocycles. The molecule has 146 valence electrons. The van der Waals surface area contributed by atoms with Crippen LogP contribution in [-0.2, 0) is 4.74 Å². The quantitative estimate of drug-likeness (QED) is 0.724. The average Bonchev–Trinajstić information content (AvgIpc) is 2.67. The topological polar surface area (TPSA) is 76.1 Å². The first kappa shape index (κ1) is 18.4. The molecule has 2 N–H and O–H groups in total. The van der Waals surface area contributed by atoms with Crippen molar-refractivity contribution in [3.8, 4) is 0 Å². The molecular formula is C21H22FN3O3. The number of H-pyrrole nitrogens is 1. The van der Waals surface area contributed by atoms with Crippen LogP contribution in [0, 0.1) is 5.82 Å².